The molecule has 6 rings (SSSR count). The predicted octanol–water partition coefficient (Wildman–Crippen LogP) is 4.66. The Labute approximate surface area is 202 Å². The molecule has 0 spiro atoms. The number of hydrogen-bond acceptors (Lipinski definition) is 5. The van der Waals surface area contributed by atoms with Crippen molar-refractivity contribution in [1.82, 2.24) is 30.3 Å². The van der Waals surface area contributed by atoms with E-state index in [0.717, 1.165) is 30.5 Å². The highest BCUT2D eigenvalue weighted by Crippen LogP contribution is 2.40. The van der Waals surface area contributed by atoms with Gasteiger partial charge in [-0.05, 0) is 80.7 Å². The van der Waals surface area contributed by atoms with Gasteiger partial charge >= 0.3 is 0 Å². The van der Waals surface area contributed by atoms with Crippen molar-refractivity contribution in [2.45, 2.75) is 44.7 Å². The first-order valence-corrected chi connectivity index (χ1v) is 11.8. The number of carbonyl (C=O) groups is 1. The van der Waals surface area contributed by atoms with Crippen LogP contribution in [0.1, 0.15) is 43.5 Å². The number of nitrogens with one attached hydrogen (secondary N) is 2. The number of carbonyl (C=O) groups excluding carboxylic acids is 1. The van der Waals surface area contributed by atoms with Gasteiger partial charge in [-0.25, -0.2) is 15.4 Å². The van der Waals surface area contributed by atoms with Gasteiger partial charge in [0.2, 0.25) is 0 Å². The van der Waals surface area contributed by atoms with Crippen LogP contribution in [0.25, 0.3) is 16.9 Å². The van der Waals surface area contributed by atoms with E-state index in [0.29, 0.717) is 22.3 Å². The van der Waals surface area contributed by atoms with Crippen molar-refractivity contribution in [2.75, 3.05) is 0 Å². The van der Waals surface area contributed by atoms with Gasteiger partial charge in [-0.3, -0.25) is 14.4 Å². The minimum atomic E-state index is -0.341. The number of halogens is 1. The number of hydrogen-bond donors (Lipinski definition) is 2. The van der Waals surface area contributed by atoms with E-state index in [1.54, 1.807) is 24.7 Å². The van der Waals surface area contributed by atoms with E-state index >= 15 is 0 Å². The van der Waals surface area contributed by atoms with Gasteiger partial charge in [0.25, 0.3) is 5.91 Å². The highest BCUT2D eigenvalue weighted by atomic mass is 35.5. The van der Waals surface area contributed by atoms with Gasteiger partial charge in [-0.1, -0.05) is 17.7 Å². The third-order valence-corrected chi connectivity index (χ3v) is 7.23. The lowest BCUT2D eigenvalue weighted by molar-refractivity contribution is 0.0890. The molecule has 0 saturated heterocycles. The summed E-state index contributed by atoms with van der Waals surface area (Å²) in [4.78, 5) is 21.9. The molecule has 2 atom stereocenters. The Morgan fingerprint density at radius 2 is 2.15 bits per heavy atom. The number of fused-ring (bicyclic) bond motifs is 3. The number of aromatic nitrogens is 3. The minimum absolute atomic E-state index is 0.155. The van der Waals surface area contributed by atoms with Crippen LogP contribution in [0.4, 0.5) is 0 Å². The van der Waals surface area contributed by atoms with Crippen LogP contribution in [0.2, 0.25) is 5.02 Å². The van der Waals surface area contributed by atoms with Crippen molar-refractivity contribution in [1.29, 1.82) is 0 Å². The summed E-state index contributed by atoms with van der Waals surface area (Å²) in [7, 11) is 0. The van der Waals surface area contributed by atoms with Crippen molar-refractivity contribution < 1.29 is 4.79 Å². The van der Waals surface area contributed by atoms with Crippen LogP contribution in [0.3, 0.4) is 0 Å². The molecule has 1 fully saturated rings. The average Bonchev–Trinajstić information content (AvgIpc) is 3.39. The Hall–Kier alpha value is -3.42. The zero-order valence-electron chi connectivity index (χ0n) is 19.0. The summed E-state index contributed by atoms with van der Waals surface area (Å²) in [6, 6.07) is 9.61. The predicted molar refractivity (Wildman–Crippen MR) is 132 cm³/mol. The first-order valence-electron chi connectivity index (χ1n) is 11.5. The molecule has 3 aliphatic rings. The summed E-state index contributed by atoms with van der Waals surface area (Å²) in [6.07, 6.45) is 12.5. The summed E-state index contributed by atoms with van der Waals surface area (Å²) in [5, 5.41) is 5.81. The van der Waals surface area contributed by atoms with Crippen molar-refractivity contribution in [2.24, 2.45) is 0 Å². The number of benzene rings is 1. The second-order valence-electron chi connectivity index (χ2n) is 9.52. The maximum Gasteiger partial charge on any atom is 0.253 e. The van der Waals surface area contributed by atoms with Gasteiger partial charge in [-0.15, -0.1) is 0 Å². The molecule has 1 aliphatic carbocycles. The largest absolute Gasteiger partial charge is 0.347 e. The maximum absolute atomic E-state index is 13.3. The third-order valence-electron chi connectivity index (χ3n) is 6.92. The minimum Gasteiger partial charge on any atom is -0.347 e. The standard InChI is InChI=1S/C26H25ClN6O/c1-16-5-8-22-19-13-26(2,10-9-21(19)31-33(22)14-16)30-25(34)18-7-6-17(12-20(18)27)32-15-29-24-23(32)4-3-11-28-24/h3-8,11-12,14-15,21,31H,9-10,13H2,1-2H3,(H,30,34). The Kier molecular flexibility index (Phi) is 4.86. The first-order chi connectivity index (χ1) is 16.4. The number of amides is 1. The van der Waals surface area contributed by atoms with Crippen LogP contribution in [0, 0.1) is 0 Å². The van der Waals surface area contributed by atoms with Crippen molar-refractivity contribution >= 4 is 28.7 Å². The normalized spacial score (nSPS) is 23.7. The van der Waals surface area contributed by atoms with E-state index in [9.17, 15) is 4.79 Å². The third kappa shape index (κ3) is 3.52. The molecule has 2 aliphatic heterocycles. The number of pyridine rings is 1. The molecule has 172 valence electrons. The van der Waals surface area contributed by atoms with Gasteiger partial charge in [0.15, 0.2) is 5.65 Å². The first kappa shape index (κ1) is 21.1. The molecule has 2 N–H and O–H groups in total. The Balaban J connectivity index is 1.23. The lowest BCUT2D eigenvalue weighted by Gasteiger charge is -2.38. The van der Waals surface area contributed by atoms with Crippen LogP contribution in [0.5, 0.6) is 0 Å². The van der Waals surface area contributed by atoms with Gasteiger partial charge in [0.1, 0.15) is 6.33 Å². The lowest BCUT2D eigenvalue weighted by atomic mass is 9.77. The van der Waals surface area contributed by atoms with Gasteiger partial charge in [0, 0.05) is 23.6 Å². The van der Waals surface area contributed by atoms with Gasteiger partial charge in [-0.2, -0.15) is 0 Å². The molecule has 34 heavy (non-hydrogen) atoms. The monoisotopic (exact) mass is 472 g/mol. The summed E-state index contributed by atoms with van der Waals surface area (Å²) < 4.78 is 1.92. The molecule has 0 bridgehead atoms. The van der Waals surface area contributed by atoms with Crippen molar-refractivity contribution in [3.05, 3.63) is 88.6 Å². The Morgan fingerprint density at radius 3 is 3.00 bits per heavy atom. The number of imidazole rings is 1. The summed E-state index contributed by atoms with van der Waals surface area (Å²) in [5.74, 6) is -0.155. The topological polar surface area (TPSA) is 75.1 Å². The zero-order chi connectivity index (χ0) is 23.4. The lowest BCUT2D eigenvalue weighted by Crippen LogP contribution is -2.51. The molecule has 8 heteroatoms. The van der Waals surface area contributed by atoms with Crippen LogP contribution in [0.15, 0.2) is 78.1 Å². The Morgan fingerprint density at radius 1 is 1.26 bits per heavy atom. The molecule has 7 nitrogen and oxygen atoms in total. The molecule has 2 unspecified atom stereocenters. The molecule has 4 heterocycles. The fourth-order valence-electron chi connectivity index (χ4n) is 5.17. The van der Waals surface area contributed by atoms with Gasteiger partial charge in [0.05, 0.1) is 27.8 Å². The number of allylic oxidation sites excluding steroid dienone is 3. The molecule has 2 aromatic heterocycles. The van der Waals surface area contributed by atoms with E-state index in [2.05, 4.69) is 57.9 Å². The van der Waals surface area contributed by atoms with Crippen molar-refractivity contribution in [3.8, 4) is 5.69 Å². The van der Waals surface area contributed by atoms with E-state index in [1.165, 1.54) is 16.8 Å². The second-order valence-corrected chi connectivity index (χ2v) is 9.93. The van der Waals surface area contributed by atoms with Crippen molar-refractivity contribution in [3.63, 3.8) is 0 Å². The van der Waals surface area contributed by atoms with Gasteiger partial charge < -0.3 is 5.32 Å². The number of nitrogens with zero attached hydrogens (tertiary/aromatic N) is 4. The molecule has 0 radical (unpaired) electrons. The Bertz CT molecular complexity index is 1420. The van der Waals surface area contributed by atoms with Crippen LogP contribution in [-0.4, -0.2) is 37.0 Å². The van der Waals surface area contributed by atoms with Crippen LogP contribution >= 0.6 is 11.6 Å². The zero-order valence-corrected chi connectivity index (χ0v) is 19.8. The highest BCUT2D eigenvalue weighted by molar-refractivity contribution is 6.34. The van der Waals surface area contributed by atoms with Crippen LogP contribution in [-0.2, 0) is 0 Å². The fourth-order valence-corrected chi connectivity index (χ4v) is 5.43. The molecule has 1 saturated carbocycles. The SMILES string of the molecule is CC1=CN2NC3CCC(C)(NC(=O)c4ccc(-n5cnc6ncccc65)cc4Cl)CC3=C2C=C1. The molecular formula is C26H25ClN6O. The fraction of sp³-hybridized carbons (Fsp3) is 0.269. The smallest absolute Gasteiger partial charge is 0.253 e. The van der Waals surface area contributed by atoms with E-state index in [1.807, 2.05) is 22.8 Å². The average molecular weight is 473 g/mol. The van der Waals surface area contributed by atoms with E-state index < -0.39 is 0 Å². The summed E-state index contributed by atoms with van der Waals surface area (Å²) in [6.45, 7) is 4.21. The number of rotatable bonds is 3. The molecule has 1 amide bonds. The molecule has 1 aromatic carbocycles. The second kappa shape index (κ2) is 7.82. The molecule has 3 aromatic rings. The summed E-state index contributed by atoms with van der Waals surface area (Å²) in [5.41, 5.74) is 9.84. The molecular weight excluding hydrogens is 448 g/mol. The maximum atomic E-state index is 13.3. The van der Waals surface area contributed by atoms with E-state index in [4.69, 9.17) is 11.6 Å². The quantitative estimate of drug-likeness (QED) is 0.579. The highest BCUT2D eigenvalue weighted by Gasteiger charge is 2.41. The summed E-state index contributed by atoms with van der Waals surface area (Å²) >= 11 is 6.60. The van der Waals surface area contributed by atoms with E-state index in [-0.39, 0.29) is 11.4 Å². The van der Waals surface area contributed by atoms with Crippen LogP contribution < -0.4 is 10.7 Å². The number of hydrazine groups is 1.